The SMILES string of the molecule is C#CCCCCCCNC(=O)CCCNCCCC. The summed E-state index contributed by atoms with van der Waals surface area (Å²) in [6.45, 7) is 5.00. The standard InChI is InChI=1S/C16H30N2O/c1-3-5-7-8-9-10-15-18-16(19)12-11-14-17-13-6-4-2/h1,17H,4-15H2,2H3,(H,18,19). The molecule has 0 saturated carbocycles. The third-order valence-corrected chi connectivity index (χ3v) is 3.03. The van der Waals surface area contributed by atoms with Crippen LogP contribution in [0.4, 0.5) is 0 Å². The highest BCUT2D eigenvalue weighted by Crippen LogP contribution is 2.01. The van der Waals surface area contributed by atoms with Gasteiger partial charge >= 0.3 is 0 Å². The van der Waals surface area contributed by atoms with Crippen molar-refractivity contribution in [2.24, 2.45) is 0 Å². The van der Waals surface area contributed by atoms with E-state index in [2.05, 4.69) is 23.5 Å². The van der Waals surface area contributed by atoms with Gasteiger partial charge in [-0.25, -0.2) is 0 Å². The zero-order valence-corrected chi connectivity index (χ0v) is 12.5. The Morgan fingerprint density at radius 2 is 1.74 bits per heavy atom. The lowest BCUT2D eigenvalue weighted by molar-refractivity contribution is -0.121. The fraction of sp³-hybridized carbons (Fsp3) is 0.812. The highest BCUT2D eigenvalue weighted by molar-refractivity contribution is 5.75. The molecule has 110 valence electrons. The highest BCUT2D eigenvalue weighted by atomic mass is 16.1. The van der Waals surface area contributed by atoms with E-state index in [-0.39, 0.29) is 5.91 Å². The van der Waals surface area contributed by atoms with E-state index in [1.165, 1.54) is 19.3 Å². The van der Waals surface area contributed by atoms with Crippen molar-refractivity contribution in [1.82, 2.24) is 10.6 Å². The van der Waals surface area contributed by atoms with Gasteiger partial charge < -0.3 is 10.6 Å². The third-order valence-electron chi connectivity index (χ3n) is 3.03. The van der Waals surface area contributed by atoms with Gasteiger partial charge in [0, 0.05) is 19.4 Å². The van der Waals surface area contributed by atoms with Crippen molar-refractivity contribution in [2.45, 2.75) is 64.7 Å². The third kappa shape index (κ3) is 14.9. The number of hydrogen-bond acceptors (Lipinski definition) is 2. The molecule has 0 saturated heterocycles. The Morgan fingerprint density at radius 1 is 1.00 bits per heavy atom. The van der Waals surface area contributed by atoms with Crippen LogP contribution in [0.3, 0.4) is 0 Å². The van der Waals surface area contributed by atoms with E-state index in [1.54, 1.807) is 0 Å². The first-order chi connectivity index (χ1) is 9.31. The summed E-state index contributed by atoms with van der Waals surface area (Å²) in [5, 5.41) is 6.31. The summed E-state index contributed by atoms with van der Waals surface area (Å²) in [4.78, 5) is 11.5. The van der Waals surface area contributed by atoms with Gasteiger partial charge in [-0.15, -0.1) is 12.3 Å². The molecule has 0 heterocycles. The van der Waals surface area contributed by atoms with Gasteiger partial charge in [0.25, 0.3) is 0 Å². The number of amides is 1. The predicted molar refractivity (Wildman–Crippen MR) is 81.9 cm³/mol. The summed E-state index contributed by atoms with van der Waals surface area (Å²) < 4.78 is 0. The number of nitrogens with one attached hydrogen (secondary N) is 2. The fourth-order valence-corrected chi connectivity index (χ4v) is 1.82. The van der Waals surface area contributed by atoms with E-state index >= 15 is 0 Å². The molecule has 19 heavy (non-hydrogen) atoms. The minimum Gasteiger partial charge on any atom is -0.356 e. The molecule has 1 amide bonds. The van der Waals surface area contributed by atoms with Gasteiger partial charge in [0.2, 0.25) is 5.91 Å². The van der Waals surface area contributed by atoms with Crippen molar-refractivity contribution < 1.29 is 4.79 Å². The number of terminal acetylenes is 1. The molecule has 0 atom stereocenters. The monoisotopic (exact) mass is 266 g/mol. The van der Waals surface area contributed by atoms with Crippen LogP contribution >= 0.6 is 0 Å². The number of carbonyl (C=O) groups excluding carboxylic acids is 1. The molecule has 3 nitrogen and oxygen atoms in total. The van der Waals surface area contributed by atoms with Crippen LogP contribution < -0.4 is 10.6 Å². The maximum absolute atomic E-state index is 11.5. The molecule has 0 aromatic heterocycles. The normalized spacial score (nSPS) is 10.1. The zero-order chi connectivity index (χ0) is 14.2. The average Bonchev–Trinajstić information content (AvgIpc) is 2.41. The summed E-state index contributed by atoms with van der Waals surface area (Å²) in [7, 11) is 0. The lowest BCUT2D eigenvalue weighted by Crippen LogP contribution is -2.25. The Balaban J connectivity index is 3.15. The van der Waals surface area contributed by atoms with Gasteiger partial charge in [-0.2, -0.15) is 0 Å². The lowest BCUT2D eigenvalue weighted by atomic mass is 10.1. The van der Waals surface area contributed by atoms with Crippen LogP contribution in [0.25, 0.3) is 0 Å². The maximum atomic E-state index is 11.5. The van der Waals surface area contributed by atoms with Crippen molar-refractivity contribution in [3.63, 3.8) is 0 Å². The smallest absolute Gasteiger partial charge is 0.220 e. The van der Waals surface area contributed by atoms with E-state index in [4.69, 9.17) is 6.42 Å². The Bertz CT molecular complexity index is 246. The van der Waals surface area contributed by atoms with Crippen molar-refractivity contribution >= 4 is 5.91 Å². The van der Waals surface area contributed by atoms with Gasteiger partial charge in [-0.1, -0.05) is 26.2 Å². The van der Waals surface area contributed by atoms with E-state index in [9.17, 15) is 4.79 Å². The molecule has 0 spiro atoms. The molecule has 0 bridgehead atoms. The van der Waals surface area contributed by atoms with E-state index in [0.717, 1.165) is 51.7 Å². The molecular formula is C16H30N2O. The number of rotatable bonds is 13. The molecule has 0 rings (SSSR count). The minimum atomic E-state index is 0.181. The topological polar surface area (TPSA) is 41.1 Å². The fourth-order valence-electron chi connectivity index (χ4n) is 1.82. The first-order valence-corrected chi connectivity index (χ1v) is 7.72. The number of unbranched alkanes of at least 4 members (excludes halogenated alkanes) is 5. The molecule has 0 unspecified atom stereocenters. The van der Waals surface area contributed by atoms with Crippen LogP contribution in [0.2, 0.25) is 0 Å². The van der Waals surface area contributed by atoms with Crippen molar-refractivity contribution in [3.05, 3.63) is 0 Å². The molecule has 0 aromatic carbocycles. The van der Waals surface area contributed by atoms with Crippen LogP contribution in [0.1, 0.15) is 64.7 Å². The summed E-state index contributed by atoms with van der Waals surface area (Å²) in [6.07, 6.45) is 14.5. The second-order valence-electron chi connectivity index (χ2n) is 4.93. The molecule has 0 aromatic rings. The summed E-state index contributed by atoms with van der Waals surface area (Å²) in [6, 6.07) is 0. The van der Waals surface area contributed by atoms with Crippen LogP contribution in [0.5, 0.6) is 0 Å². The van der Waals surface area contributed by atoms with Crippen molar-refractivity contribution in [3.8, 4) is 12.3 Å². The summed E-state index contributed by atoms with van der Waals surface area (Å²) in [5.74, 6) is 2.82. The first kappa shape index (κ1) is 18.0. The lowest BCUT2D eigenvalue weighted by Gasteiger charge is -2.06. The van der Waals surface area contributed by atoms with Crippen LogP contribution in [0.15, 0.2) is 0 Å². The van der Waals surface area contributed by atoms with Gasteiger partial charge in [0.1, 0.15) is 0 Å². The Hall–Kier alpha value is -1.01. The van der Waals surface area contributed by atoms with Crippen LogP contribution in [-0.4, -0.2) is 25.5 Å². The van der Waals surface area contributed by atoms with Crippen molar-refractivity contribution in [1.29, 1.82) is 0 Å². The molecule has 2 N–H and O–H groups in total. The van der Waals surface area contributed by atoms with Gasteiger partial charge in [-0.05, 0) is 38.8 Å². The minimum absolute atomic E-state index is 0.181. The molecule has 0 radical (unpaired) electrons. The Morgan fingerprint density at radius 3 is 2.47 bits per heavy atom. The number of carbonyl (C=O) groups is 1. The highest BCUT2D eigenvalue weighted by Gasteiger charge is 1.99. The second kappa shape index (κ2) is 15.0. The summed E-state index contributed by atoms with van der Waals surface area (Å²) in [5.41, 5.74) is 0. The van der Waals surface area contributed by atoms with Gasteiger partial charge in [0.05, 0.1) is 0 Å². The van der Waals surface area contributed by atoms with Crippen LogP contribution in [0, 0.1) is 12.3 Å². The predicted octanol–water partition coefficient (Wildman–Crippen LogP) is 2.86. The molecular weight excluding hydrogens is 236 g/mol. The Kier molecular flexibility index (Phi) is 14.2. The van der Waals surface area contributed by atoms with E-state index < -0.39 is 0 Å². The van der Waals surface area contributed by atoms with Crippen molar-refractivity contribution in [2.75, 3.05) is 19.6 Å². The largest absolute Gasteiger partial charge is 0.356 e. The number of hydrogen-bond donors (Lipinski definition) is 2. The molecule has 0 aliphatic heterocycles. The maximum Gasteiger partial charge on any atom is 0.220 e. The molecule has 0 fully saturated rings. The first-order valence-electron chi connectivity index (χ1n) is 7.72. The van der Waals surface area contributed by atoms with E-state index in [0.29, 0.717) is 6.42 Å². The zero-order valence-electron chi connectivity index (χ0n) is 12.5. The van der Waals surface area contributed by atoms with Gasteiger partial charge in [-0.3, -0.25) is 4.79 Å². The quantitative estimate of drug-likeness (QED) is 0.397. The Labute approximate surface area is 118 Å². The second-order valence-corrected chi connectivity index (χ2v) is 4.93. The van der Waals surface area contributed by atoms with Crippen LogP contribution in [-0.2, 0) is 4.79 Å². The molecule has 0 aliphatic rings. The average molecular weight is 266 g/mol. The molecule has 0 aliphatic carbocycles. The van der Waals surface area contributed by atoms with Gasteiger partial charge in [0.15, 0.2) is 0 Å². The molecule has 3 heteroatoms. The summed E-state index contributed by atoms with van der Waals surface area (Å²) >= 11 is 0. The van der Waals surface area contributed by atoms with E-state index in [1.807, 2.05) is 0 Å².